The molecule has 0 aromatic heterocycles. The van der Waals surface area contributed by atoms with Gasteiger partial charge in [0.25, 0.3) is 11.7 Å². The Hall–Kier alpha value is -3.28. The summed E-state index contributed by atoms with van der Waals surface area (Å²) in [4.78, 5) is 27.7. The van der Waals surface area contributed by atoms with Crippen LogP contribution < -0.4 is 9.47 Å². The number of aliphatic hydroxyl groups is 1. The molecule has 0 saturated carbocycles. The summed E-state index contributed by atoms with van der Waals surface area (Å²) in [7, 11) is 0. The van der Waals surface area contributed by atoms with Crippen LogP contribution in [-0.4, -0.2) is 41.5 Å². The van der Waals surface area contributed by atoms with Crippen LogP contribution in [0.2, 0.25) is 0 Å². The SMILES string of the molecule is CCCCN1C(=O)C(=O)/C(=C(\O)c2ccc(OCC(C)C)c(C)c2)C1c1ccc(OCCC)cc1. The summed E-state index contributed by atoms with van der Waals surface area (Å²) < 4.78 is 11.5. The molecule has 1 heterocycles. The van der Waals surface area contributed by atoms with Crippen LogP contribution in [0.5, 0.6) is 11.5 Å². The second-order valence-electron chi connectivity index (χ2n) is 9.45. The predicted molar refractivity (Wildman–Crippen MR) is 138 cm³/mol. The van der Waals surface area contributed by atoms with Crippen molar-refractivity contribution in [2.45, 2.75) is 59.9 Å². The minimum absolute atomic E-state index is 0.114. The van der Waals surface area contributed by atoms with E-state index in [1.807, 2.05) is 45.0 Å². The number of aryl methyl sites for hydroxylation is 1. The Bertz CT molecular complexity index is 1070. The first-order chi connectivity index (χ1) is 16.8. The highest BCUT2D eigenvalue weighted by molar-refractivity contribution is 6.46. The normalized spacial score (nSPS) is 17.3. The highest BCUT2D eigenvalue weighted by Crippen LogP contribution is 2.40. The molecule has 1 amide bonds. The Morgan fingerprint density at radius 1 is 1.03 bits per heavy atom. The van der Waals surface area contributed by atoms with Gasteiger partial charge in [0.15, 0.2) is 0 Å². The van der Waals surface area contributed by atoms with Crippen LogP contribution in [0.15, 0.2) is 48.0 Å². The lowest BCUT2D eigenvalue weighted by molar-refractivity contribution is -0.139. The van der Waals surface area contributed by atoms with Gasteiger partial charge in [0, 0.05) is 12.1 Å². The first-order valence-corrected chi connectivity index (χ1v) is 12.5. The van der Waals surface area contributed by atoms with Crippen molar-refractivity contribution in [2.75, 3.05) is 19.8 Å². The average Bonchev–Trinajstić information content (AvgIpc) is 3.10. The number of carbonyl (C=O) groups is 2. The summed E-state index contributed by atoms with van der Waals surface area (Å²) in [6, 6.07) is 12.1. The van der Waals surface area contributed by atoms with E-state index in [0.717, 1.165) is 41.9 Å². The zero-order valence-electron chi connectivity index (χ0n) is 21.5. The molecule has 0 bridgehead atoms. The van der Waals surface area contributed by atoms with Gasteiger partial charge >= 0.3 is 0 Å². The number of unbranched alkanes of at least 4 members (excludes halogenated alkanes) is 1. The van der Waals surface area contributed by atoms with E-state index in [1.165, 1.54) is 0 Å². The largest absolute Gasteiger partial charge is 0.507 e. The molecule has 2 aromatic carbocycles. The Morgan fingerprint density at radius 3 is 2.34 bits per heavy atom. The molecule has 1 N–H and O–H groups in total. The van der Waals surface area contributed by atoms with Crippen LogP contribution in [0.25, 0.3) is 5.76 Å². The molecule has 1 aliphatic heterocycles. The van der Waals surface area contributed by atoms with E-state index in [1.54, 1.807) is 23.1 Å². The van der Waals surface area contributed by atoms with Gasteiger partial charge in [-0.2, -0.15) is 0 Å². The van der Waals surface area contributed by atoms with E-state index in [-0.39, 0.29) is 11.3 Å². The van der Waals surface area contributed by atoms with Crippen molar-refractivity contribution in [1.29, 1.82) is 0 Å². The number of hydrogen-bond donors (Lipinski definition) is 1. The topological polar surface area (TPSA) is 76.1 Å². The predicted octanol–water partition coefficient (Wildman–Crippen LogP) is 6.04. The zero-order valence-corrected chi connectivity index (χ0v) is 21.5. The van der Waals surface area contributed by atoms with Crippen LogP contribution in [0.3, 0.4) is 0 Å². The number of amides is 1. The summed E-state index contributed by atoms with van der Waals surface area (Å²) in [5, 5.41) is 11.3. The van der Waals surface area contributed by atoms with Crippen molar-refractivity contribution >= 4 is 17.4 Å². The summed E-state index contributed by atoms with van der Waals surface area (Å²) in [6.45, 7) is 11.8. The van der Waals surface area contributed by atoms with Gasteiger partial charge in [0.2, 0.25) is 0 Å². The Morgan fingerprint density at radius 2 is 1.74 bits per heavy atom. The molecule has 1 atom stereocenters. The molecule has 6 heteroatoms. The highest BCUT2D eigenvalue weighted by atomic mass is 16.5. The summed E-state index contributed by atoms with van der Waals surface area (Å²) in [5.74, 6) is 0.446. The molecule has 3 rings (SSSR count). The molecule has 188 valence electrons. The molecule has 1 fully saturated rings. The van der Waals surface area contributed by atoms with E-state index >= 15 is 0 Å². The van der Waals surface area contributed by atoms with E-state index in [0.29, 0.717) is 31.2 Å². The number of aliphatic hydroxyl groups excluding tert-OH is 1. The number of ether oxygens (including phenoxy) is 2. The second kappa shape index (κ2) is 11.9. The minimum Gasteiger partial charge on any atom is -0.507 e. The van der Waals surface area contributed by atoms with Crippen LogP contribution in [0.4, 0.5) is 0 Å². The highest BCUT2D eigenvalue weighted by Gasteiger charge is 2.45. The maximum atomic E-state index is 13.2. The zero-order chi connectivity index (χ0) is 25.5. The molecule has 0 radical (unpaired) electrons. The first-order valence-electron chi connectivity index (χ1n) is 12.5. The summed E-state index contributed by atoms with van der Waals surface area (Å²) >= 11 is 0. The molecule has 0 spiro atoms. The van der Waals surface area contributed by atoms with Gasteiger partial charge in [-0.05, 0) is 67.1 Å². The third-order valence-electron chi connectivity index (χ3n) is 5.98. The molecule has 2 aromatic rings. The molecule has 6 nitrogen and oxygen atoms in total. The average molecular weight is 480 g/mol. The Kier molecular flexibility index (Phi) is 8.96. The summed E-state index contributed by atoms with van der Waals surface area (Å²) in [6.07, 6.45) is 2.55. The summed E-state index contributed by atoms with van der Waals surface area (Å²) in [5.41, 5.74) is 2.22. The number of ketones is 1. The van der Waals surface area contributed by atoms with Crippen molar-refractivity contribution in [3.05, 3.63) is 64.7 Å². The van der Waals surface area contributed by atoms with Gasteiger partial charge in [0.1, 0.15) is 17.3 Å². The smallest absolute Gasteiger partial charge is 0.295 e. The number of rotatable bonds is 11. The van der Waals surface area contributed by atoms with Crippen LogP contribution in [-0.2, 0) is 9.59 Å². The van der Waals surface area contributed by atoms with E-state index in [9.17, 15) is 14.7 Å². The number of hydrogen-bond acceptors (Lipinski definition) is 5. The van der Waals surface area contributed by atoms with Crippen molar-refractivity contribution in [3.63, 3.8) is 0 Å². The minimum atomic E-state index is -0.660. The fourth-order valence-corrected chi connectivity index (χ4v) is 4.12. The standard InChI is InChI=1S/C29H37NO5/c1-6-8-15-30-26(21-9-12-23(13-10-21)34-16-7-2)25(28(32)29(30)33)27(31)22-11-14-24(20(5)17-22)35-18-19(3)4/h9-14,17,19,26,31H,6-8,15-16,18H2,1-5H3/b27-25-. The van der Waals surface area contributed by atoms with Gasteiger partial charge in [0.05, 0.1) is 24.8 Å². The number of carbonyl (C=O) groups excluding carboxylic acids is 2. The fraction of sp³-hybridized carbons (Fsp3) is 0.448. The number of likely N-dealkylation sites (tertiary alicyclic amines) is 1. The maximum Gasteiger partial charge on any atom is 0.295 e. The fourth-order valence-electron chi connectivity index (χ4n) is 4.12. The third-order valence-corrected chi connectivity index (χ3v) is 5.98. The quantitative estimate of drug-likeness (QED) is 0.242. The van der Waals surface area contributed by atoms with E-state index in [2.05, 4.69) is 13.8 Å². The second-order valence-corrected chi connectivity index (χ2v) is 9.45. The lowest BCUT2D eigenvalue weighted by Crippen LogP contribution is -2.30. The molecular formula is C29H37NO5. The third kappa shape index (κ3) is 6.05. The van der Waals surface area contributed by atoms with E-state index < -0.39 is 17.7 Å². The van der Waals surface area contributed by atoms with Crippen LogP contribution >= 0.6 is 0 Å². The molecule has 35 heavy (non-hydrogen) atoms. The van der Waals surface area contributed by atoms with Crippen molar-refractivity contribution in [3.8, 4) is 11.5 Å². The van der Waals surface area contributed by atoms with Gasteiger partial charge in [-0.3, -0.25) is 9.59 Å². The molecule has 1 aliphatic rings. The van der Waals surface area contributed by atoms with Crippen molar-refractivity contribution in [2.24, 2.45) is 5.92 Å². The first kappa shape index (κ1) is 26.3. The molecule has 1 unspecified atom stereocenters. The lowest BCUT2D eigenvalue weighted by Gasteiger charge is -2.25. The number of benzene rings is 2. The monoisotopic (exact) mass is 479 g/mol. The molecule has 0 aliphatic carbocycles. The van der Waals surface area contributed by atoms with E-state index in [4.69, 9.17) is 9.47 Å². The maximum absolute atomic E-state index is 13.2. The lowest BCUT2D eigenvalue weighted by atomic mass is 9.94. The van der Waals surface area contributed by atoms with Gasteiger partial charge < -0.3 is 19.5 Å². The number of Topliss-reactive ketones (excluding diaryl/α,β-unsaturated/α-hetero) is 1. The molecular weight excluding hydrogens is 442 g/mol. The van der Waals surface area contributed by atoms with Crippen molar-refractivity contribution < 1.29 is 24.2 Å². The van der Waals surface area contributed by atoms with Crippen LogP contribution in [0, 0.1) is 12.8 Å². The molecule has 1 saturated heterocycles. The Balaban J connectivity index is 2.03. The Labute approximate surface area is 208 Å². The van der Waals surface area contributed by atoms with Gasteiger partial charge in [-0.25, -0.2) is 0 Å². The van der Waals surface area contributed by atoms with Gasteiger partial charge in [-0.1, -0.05) is 46.2 Å². The van der Waals surface area contributed by atoms with Crippen LogP contribution in [0.1, 0.15) is 69.7 Å². The van der Waals surface area contributed by atoms with Gasteiger partial charge in [-0.15, -0.1) is 0 Å². The number of nitrogens with zero attached hydrogens (tertiary/aromatic N) is 1. The van der Waals surface area contributed by atoms with Crippen molar-refractivity contribution in [1.82, 2.24) is 4.90 Å².